The quantitative estimate of drug-likeness (QED) is 0.700. The Morgan fingerprint density at radius 1 is 1.39 bits per heavy atom. The van der Waals surface area contributed by atoms with Crippen molar-refractivity contribution < 1.29 is 9.53 Å². The average molecular weight is 241 g/mol. The summed E-state index contributed by atoms with van der Waals surface area (Å²) in [6, 6.07) is 8.32. The molecule has 0 amide bonds. The first-order valence-electron chi connectivity index (χ1n) is 6.19. The Morgan fingerprint density at radius 3 is 2.94 bits per heavy atom. The van der Waals surface area contributed by atoms with Crippen LogP contribution in [0.15, 0.2) is 24.3 Å². The van der Waals surface area contributed by atoms with E-state index < -0.39 is 0 Å². The monoisotopic (exact) mass is 241 g/mol. The number of carbonyl (C=O) groups is 1. The van der Waals surface area contributed by atoms with Crippen molar-refractivity contribution in [3.05, 3.63) is 46.8 Å². The summed E-state index contributed by atoms with van der Waals surface area (Å²) in [7, 11) is 0. The van der Waals surface area contributed by atoms with Gasteiger partial charge in [0.1, 0.15) is 5.69 Å². The molecule has 92 valence electrons. The third-order valence-electron chi connectivity index (χ3n) is 3.46. The van der Waals surface area contributed by atoms with Gasteiger partial charge in [-0.3, -0.25) is 0 Å². The Hall–Kier alpha value is -2.03. The highest BCUT2D eigenvalue weighted by atomic mass is 16.5. The van der Waals surface area contributed by atoms with E-state index in [4.69, 9.17) is 4.74 Å². The minimum Gasteiger partial charge on any atom is -0.461 e. The molecule has 1 aliphatic rings. The van der Waals surface area contributed by atoms with Gasteiger partial charge in [-0.15, -0.1) is 0 Å². The van der Waals surface area contributed by atoms with E-state index in [1.165, 1.54) is 16.7 Å². The Bertz CT molecular complexity index is 625. The molecule has 2 aromatic rings. The number of esters is 1. The van der Waals surface area contributed by atoms with Crippen LogP contribution in [0.25, 0.3) is 11.1 Å². The molecule has 18 heavy (non-hydrogen) atoms. The second-order valence-electron chi connectivity index (χ2n) is 4.53. The van der Waals surface area contributed by atoms with Gasteiger partial charge >= 0.3 is 5.97 Å². The van der Waals surface area contributed by atoms with E-state index in [0.717, 1.165) is 17.7 Å². The summed E-state index contributed by atoms with van der Waals surface area (Å²) >= 11 is 0. The first kappa shape index (κ1) is 11.1. The van der Waals surface area contributed by atoms with Gasteiger partial charge in [-0.25, -0.2) is 4.79 Å². The number of ether oxygens (including phenoxy) is 1. The predicted molar refractivity (Wildman–Crippen MR) is 69.7 cm³/mol. The fourth-order valence-corrected chi connectivity index (χ4v) is 2.67. The summed E-state index contributed by atoms with van der Waals surface area (Å²) in [5, 5.41) is 0. The summed E-state index contributed by atoms with van der Waals surface area (Å²) < 4.78 is 5.06. The fraction of sp³-hybridized carbons (Fsp3) is 0.267. The van der Waals surface area contributed by atoms with Crippen molar-refractivity contribution in [2.24, 2.45) is 0 Å². The van der Waals surface area contributed by atoms with Gasteiger partial charge in [0.2, 0.25) is 0 Å². The lowest BCUT2D eigenvalue weighted by Gasteiger charge is -2.03. The number of benzene rings is 1. The molecule has 1 aromatic heterocycles. The SMILES string of the molecule is CCOC(=O)c1[nH]c2c(c1C)-c1ccccc1C2. The van der Waals surface area contributed by atoms with E-state index in [1.807, 2.05) is 26.0 Å². The molecule has 0 spiro atoms. The number of hydrogen-bond donors (Lipinski definition) is 1. The first-order chi connectivity index (χ1) is 8.72. The lowest BCUT2D eigenvalue weighted by atomic mass is 10.0. The Kier molecular flexibility index (Phi) is 2.47. The van der Waals surface area contributed by atoms with E-state index in [-0.39, 0.29) is 5.97 Å². The van der Waals surface area contributed by atoms with Crippen LogP contribution in [0.1, 0.15) is 34.2 Å². The van der Waals surface area contributed by atoms with Gasteiger partial charge in [0.15, 0.2) is 0 Å². The fourth-order valence-electron chi connectivity index (χ4n) is 2.67. The summed E-state index contributed by atoms with van der Waals surface area (Å²) in [4.78, 5) is 15.0. The molecule has 3 rings (SSSR count). The van der Waals surface area contributed by atoms with E-state index in [1.54, 1.807) is 0 Å². The van der Waals surface area contributed by atoms with Gasteiger partial charge in [0.25, 0.3) is 0 Å². The Balaban J connectivity index is 2.10. The predicted octanol–water partition coefficient (Wildman–Crippen LogP) is 3.07. The highest BCUT2D eigenvalue weighted by Gasteiger charge is 2.26. The van der Waals surface area contributed by atoms with Crippen molar-refractivity contribution in [1.29, 1.82) is 0 Å². The van der Waals surface area contributed by atoms with Crippen LogP contribution in [0.2, 0.25) is 0 Å². The van der Waals surface area contributed by atoms with Crippen molar-refractivity contribution in [2.75, 3.05) is 6.61 Å². The number of rotatable bonds is 2. The number of aromatic nitrogens is 1. The largest absolute Gasteiger partial charge is 0.461 e. The molecular weight excluding hydrogens is 226 g/mol. The van der Waals surface area contributed by atoms with Crippen molar-refractivity contribution in [1.82, 2.24) is 4.98 Å². The van der Waals surface area contributed by atoms with Gasteiger partial charge in [0, 0.05) is 17.7 Å². The standard InChI is InChI=1S/C15H15NO2/c1-3-18-15(17)14-9(2)13-11-7-5-4-6-10(11)8-12(13)16-14/h4-7,16H,3,8H2,1-2H3. The molecule has 0 fully saturated rings. The summed E-state index contributed by atoms with van der Waals surface area (Å²) in [5.41, 5.74) is 6.43. The van der Waals surface area contributed by atoms with Crippen molar-refractivity contribution >= 4 is 5.97 Å². The molecule has 3 nitrogen and oxygen atoms in total. The van der Waals surface area contributed by atoms with Crippen LogP contribution >= 0.6 is 0 Å². The molecule has 0 unspecified atom stereocenters. The van der Waals surface area contributed by atoms with Crippen LogP contribution in [0.3, 0.4) is 0 Å². The molecule has 0 bridgehead atoms. The van der Waals surface area contributed by atoms with E-state index in [2.05, 4.69) is 17.1 Å². The summed E-state index contributed by atoms with van der Waals surface area (Å²) in [5.74, 6) is -0.262. The number of carbonyl (C=O) groups excluding carboxylic acids is 1. The normalized spacial score (nSPS) is 12.1. The number of nitrogens with one attached hydrogen (secondary N) is 1. The molecule has 1 aliphatic carbocycles. The van der Waals surface area contributed by atoms with Gasteiger partial charge in [0.05, 0.1) is 6.61 Å². The Morgan fingerprint density at radius 2 is 2.17 bits per heavy atom. The smallest absolute Gasteiger partial charge is 0.355 e. The molecule has 0 saturated heterocycles. The number of aromatic amines is 1. The Labute approximate surface area is 106 Å². The van der Waals surface area contributed by atoms with Gasteiger partial charge in [-0.1, -0.05) is 24.3 Å². The van der Waals surface area contributed by atoms with E-state index in [0.29, 0.717) is 12.3 Å². The van der Waals surface area contributed by atoms with Crippen molar-refractivity contribution in [3.63, 3.8) is 0 Å². The van der Waals surface area contributed by atoms with Gasteiger partial charge < -0.3 is 9.72 Å². The second kappa shape index (κ2) is 4.02. The third-order valence-corrected chi connectivity index (χ3v) is 3.46. The zero-order chi connectivity index (χ0) is 12.7. The molecular formula is C15H15NO2. The molecule has 1 aromatic carbocycles. The maximum absolute atomic E-state index is 11.8. The minimum atomic E-state index is -0.262. The van der Waals surface area contributed by atoms with Crippen LogP contribution in [0.4, 0.5) is 0 Å². The minimum absolute atomic E-state index is 0.262. The van der Waals surface area contributed by atoms with Gasteiger partial charge in [-0.05, 0) is 30.5 Å². The molecule has 0 atom stereocenters. The zero-order valence-electron chi connectivity index (χ0n) is 10.5. The maximum atomic E-state index is 11.8. The highest BCUT2D eigenvalue weighted by molar-refractivity contribution is 5.94. The molecule has 1 N–H and O–H groups in total. The van der Waals surface area contributed by atoms with E-state index in [9.17, 15) is 4.79 Å². The van der Waals surface area contributed by atoms with Crippen molar-refractivity contribution in [3.8, 4) is 11.1 Å². The summed E-state index contributed by atoms with van der Waals surface area (Å²) in [6.45, 7) is 4.20. The van der Waals surface area contributed by atoms with Crippen LogP contribution in [-0.4, -0.2) is 17.6 Å². The molecule has 0 saturated carbocycles. The van der Waals surface area contributed by atoms with Crippen LogP contribution in [0, 0.1) is 6.92 Å². The number of hydrogen-bond acceptors (Lipinski definition) is 2. The van der Waals surface area contributed by atoms with Crippen LogP contribution < -0.4 is 0 Å². The third kappa shape index (κ3) is 1.47. The molecule has 0 aliphatic heterocycles. The maximum Gasteiger partial charge on any atom is 0.355 e. The molecule has 3 heteroatoms. The van der Waals surface area contributed by atoms with Crippen LogP contribution in [0.5, 0.6) is 0 Å². The summed E-state index contributed by atoms with van der Waals surface area (Å²) in [6.07, 6.45) is 0.867. The lowest BCUT2D eigenvalue weighted by Crippen LogP contribution is -2.07. The number of fused-ring (bicyclic) bond motifs is 3. The lowest BCUT2D eigenvalue weighted by molar-refractivity contribution is 0.0519. The highest BCUT2D eigenvalue weighted by Crippen LogP contribution is 2.39. The molecule has 0 radical (unpaired) electrons. The molecule has 1 heterocycles. The number of H-pyrrole nitrogens is 1. The first-order valence-corrected chi connectivity index (χ1v) is 6.19. The van der Waals surface area contributed by atoms with Crippen LogP contribution in [-0.2, 0) is 11.2 Å². The zero-order valence-corrected chi connectivity index (χ0v) is 10.5. The second-order valence-corrected chi connectivity index (χ2v) is 4.53. The van der Waals surface area contributed by atoms with Gasteiger partial charge in [-0.2, -0.15) is 0 Å². The van der Waals surface area contributed by atoms with Crippen molar-refractivity contribution in [2.45, 2.75) is 20.3 Å². The van der Waals surface area contributed by atoms with E-state index >= 15 is 0 Å². The topological polar surface area (TPSA) is 42.1 Å². The average Bonchev–Trinajstić information content (AvgIpc) is 2.87.